The zero-order valence-corrected chi connectivity index (χ0v) is 17.1. The van der Waals surface area contributed by atoms with Crippen LogP contribution >= 0.6 is 0 Å². The molecule has 0 bridgehead atoms. The Labute approximate surface area is 165 Å². The van der Waals surface area contributed by atoms with Crippen molar-refractivity contribution >= 4 is 28.7 Å². The van der Waals surface area contributed by atoms with Crippen molar-refractivity contribution in [3.63, 3.8) is 0 Å². The molecule has 0 unspecified atom stereocenters. The van der Waals surface area contributed by atoms with E-state index in [1.54, 1.807) is 6.92 Å². The van der Waals surface area contributed by atoms with Crippen LogP contribution in [0.25, 0.3) is 10.9 Å². The number of esters is 1. The maximum atomic E-state index is 12.6. The van der Waals surface area contributed by atoms with Gasteiger partial charge in [-0.25, -0.2) is 4.79 Å². The van der Waals surface area contributed by atoms with Crippen molar-refractivity contribution in [3.8, 4) is 0 Å². The summed E-state index contributed by atoms with van der Waals surface area (Å²) < 4.78 is 4.75. The smallest absolute Gasteiger partial charge is 0.328 e. The molecule has 2 atom stereocenters. The number of amides is 2. The van der Waals surface area contributed by atoms with E-state index in [1.807, 2.05) is 51.2 Å². The molecule has 1 heterocycles. The Balaban J connectivity index is 2.03. The number of aromatic amines is 1. The van der Waals surface area contributed by atoms with E-state index in [4.69, 9.17) is 4.74 Å². The van der Waals surface area contributed by atoms with Crippen LogP contribution in [0.2, 0.25) is 0 Å². The molecule has 0 aliphatic carbocycles. The highest BCUT2D eigenvalue weighted by atomic mass is 16.5. The SMILES string of the molecule is COC(=O)[C@H](CC(=O)NC(C)(C)C)NC(=O)[C@@H](C)Cc1c[nH]c2ccccc12. The number of H-pyrrole nitrogens is 1. The topological polar surface area (TPSA) is 100 Å². The quantitative estimate of drug-likeness (QED) is 0.635. The number of nitrogens with one attached hydrogen (secondary N) is 3. The second kappa shape index (κ2) is 8.91. The molecule has 0 aliphatic rings. The molecule has 2 amide bonds. The lowest BCUT2D eigenvalue weighted by Gasteiger charge is -2.23. The summed E-state index contributed by atoms with van der Waals surface area (Å²) in [6.07, 6.45) is 2.23. The molecule has 1 aromatic carbocycles. The van der Waals surface area contributed by atoms with Gasteiger partial charge in [0.25, 0.3) is 0 Å². The Bertz CT molecular complexity index is 851. The minimum absolute atomic E-state index is 0.171. The first-order valence-electron chi connectivity index (χ1n) is 9.35. The Kier molecular flexibility index (Phi) is 6.83. The molecule has 2 aromatic rings. The average molecular weight is 387 g/mol. The average Bonchev–Trinajstić information content (AvgIpc) is 3.01. The number of carbonyl (C=O) groups is 3. The molecule has 0 saturated carbocycles. The van der Waals surface area contributed by atoms with Crippen LogP contribution in [0.4, 0.5) is 0 Å². The Morgan fingerprint density at radius 1 is 1.18 bits per heavy atom. The van der Waals surface area contributed by atoms with Gasteiger partial charge in [-0.2, -0.15) is 0 Å². The lowest BCUT2D eigenvalue weighted by molar-refractivity contribution is -0.147. The van der Waals surface area contributed by atoms with Crippen LogP contribution in [0, 0.1) is 5.92 Å². The Morgan fingerprint density at radius 2 is 1.86 bits per heavy atom. The van der Waals surface area contributed by atoms with Gasteiger partial charge in [-0.3, -0.25) is 9.59 Å². The fraction of sp³-hybridized carbons (Fsp3) is 0.476. The summed E-state index contributed by atoms with van der Waals surface area (Å²) in [5.74, 6) is -1.65. The van der Waals surface area contributed by atoms with Crippen LogP contribution in [0.5, 0.6) is 0 Å². The van der Waals surface area contributed by atoms with Gasteiger partial charge < -0.3 is 20.4 Å². The van der Waals surface area contributed by atoms with Crippen molar-refractivity contribution in [1.82, 2.24) is 15.6 Å². The van der Waals surface area contributed by atoms with E-state index in [2.05, 4.69) is 15.6 Å². The van der Waals surface area contributed by atoms with Crippen molar-refractivity contribution < 1.29 is 19.1 Å². The molecule has 0 aliphatic heterocycles. The molecule has 152 valence electrons. The van der Waals surface area contributed by atoms with E-state index in [0.717, 1.165) is 16.5 Å². The van der Waals surface area contributed by atoms with Crippen molar-refractivity contribution in [2.45, 2.75) is 52.1 Å². The van der Waals surface area contributed by atoms with Crippen LogP contribution in [0.15, 0.2) is 30.5 Å². The number of fused-ring (bicyclic) bond motifs is 1. The van der Waals surface area contributed by atoms with E-state index >= 15 is 0 Å². The third-order valence-electron chi connectivity index (χ3n) is 4.35. The van der Waals surface area contributed by atoms with Gasteiger partial charge >= 0.3 is 5.97 Å². The Morgan fingerprint density at radius 3 is 2.50 bits per heavy atom. The van der Waals surface area contributed by atoms with E-state index < -0.39 is 17.6 Å². The molecule has 0 spiro atoms. The summed E-state index contributed by atoms with van der Waals surface area (Å²) in [6.45, 7) is 7.33. The first kappa shape index (κ1) is 21.5. The van der Waals surface area contributed by atoms with Crippen LogP contribution in [-0.2, 0) is 25.5 Å². The number of benzene rings is 1. The van der Waals surface area contributed by atoms with E-state index in [0.29, 0.717) is 6.42 Å². The maximum Gasteiger partial charge on any atom is 0.328 e. The Hall–Kier alpha value is -2.83. The minimum atomic E-state index is -1.02. The number of carbonyl (C=O) groups excluding carboxylic acids is 3. The number of aromatic nitrogens is 1. The zero-order valence-electron chi connectivity index (χ0n) is 17.1. The molecule has 3 N–H and O–H groups in total. The highest BCUT2D eigenvalue weighted by Crippen LogP contribution is 2.21. The predicted molar refractivity (Wildman–Crippen MR) is 108 cm³/mol. The number of rotatable bonds is 7. The predicted octanol–water partition coefficient (Wildman–Crippen LogP) is 2.31. The van der Waals surface area contributed by atoms with Gasteiger partial charge in [0.2, 0.25) is 11.8 Å². The van der Waals surface area contributed by atoms with Crippen LogP contribution in [-0.4, -0.2) is 41.5 Å². The summed E-state index contributed by atoms with van der Waals surface area (Å²) in [6, 6.07) is 6.85. The van der Waals surface area contributed by atoms with Gasteiger partial charge in [-0.15, -0.1) is 0 Å². The maximum absolute atomic E-state index is 12.6. The highest BCUT2D eigenvalue weighted by molar-refractivity contribution is 5.90. The molecular formula is C21H29N3O4. The summed E-state index contributed by atoms with van der Waals surface area (Å²) >= 11 is 0. The first-order valence-corrected chi connectivity index (χ1v) is 9.35. The molecule has 1 aromatic heterocycles. The summed E-state index contributed by atoms with van der Waals surface area (Å²) in [5, 5.41) is 6.51. The van der Waals surface area contributed by atoms with Crippen molar-refractivity contribution in [2.24, 2.45) is 5.92 Å². The van der Waals surface area contributed by atoms with Crippen molar-refractivity contribution in [2.75, 3.05) is 7.11 Å². The normalized spacial score (nSPS) is 13.6. The second-order valence-electron chi connectivity index (χ2n) is 8.05. The standard InChI is InChI=1S/C21H29N3O4/c1-13(10-14-12-22-16-9-7-6-8-15(14)16)19(26)23-17(20(27)28-5)11-18(25)24-21(2,3)4/h6-9,12-13,17,22H,10-11H2,1-5H3,(H,23,26)(H,24,25)/t13-,17-/m0/s1. The lowest BCUT2D eigenvalue weighted by atomic mass is 9.99. The van der Waals surface area contributed by atoms with Gasteiger partial charge in [0.1, 0.15) is 6.04 Å². The van der Waals surface area contributed by atoms with Crippen LogP contribution in [0.1, 0.15) is 39.7 Å². The number of hydrogen-bond donors (Lipinski definition) is 3. The molecule has 7 heteroatoms. The fourth-order valence-corrected chi connectivity index (χ4v) is 3.03. The number of ether oxygens (including phenoxy) is 1. The van der Waals surface area contributed by atoms with Gasteiger partial charge in [0.05, 0.1) is 13.5 Å². The van der Waals surface area contributed by atoms with Gasteiger partial charge in [0, 0.05) is 28.6 Å². The molecule has 2 rings (SSSR count). The summed E-state index contributed by atoms with van der Waals surface area (Å²) in [7, 11) is 1.23. The summed E-state index contributed by atoms with van der Waals surface area (Å²) in [5.41, 5.74) is 1.61. The monoisotopic (exact) mass is 387 g/mol. The van der Waals surface area contributed by atoms with Gasteiger partial charge in [0.15, 0.2) is 0 Å². The zero-order chi connectivity index (χ0) is 20.9. The van der Waals surface area contributed by atoms with E-state index in [-0.39, 0.29) is 24.2 Å². The number of para-hydroxylation sites is 1. The molecule has 0 saturated heterocycles. The van der Waals surface area contributed by atoms with Crippen LogP contribution in [0.3, 0.4) is 0 Å². The fourth-order valence-electron chi connectivity index (χ4n) is 3.03. The molecular weight excluding hydrogens is 358 g/mol. The minimum Gasteiger partial charge on any atom is -0.467 e. The third-order valence-corrected chi connectivity index (χ3v) is 4.35. The van der Waals surface area contributed by atoms with Crippen LogP contribution < -0.4 is 10.6 Å². The van der Waals surface area contributed by atoms with Crippen molar-refractivity contribution in [3.05, 3.63) is 36.0 Å². The lowest BCUT2D eigenvalue weighted by Crippen LogP contribution is -2.49. The molecule has 28 heavy (non-hydrogen) atoms. The van der Waals surface area contributed by atoms with E-state index in [1.165, 1.54) is 7.11 Å². The van der Waals surface area contributed by atoms with Gasteiger partial charge in [-0.1, -0.05) is 25.1 Å². The molecule has 7 nitrogen and oxygen atoms in total. The second-order valence-corrected chi connectivity index (χ2v) is 8.05. The van der Waals surface area contributed by atoms with E-state index in [9.17, 15) is 14.4 Å². The van der Waals surface area contributed by atoms with Gasteiger partial charge in [-0.05, 0) is 38.8 Å². The number of methoxy groups -OCH3 is 1. The molecule has 0 fully saturated rings. The number of hydrogen-bond acceptors (Lipinski definition) is 4. The third kappa shape index (κ3) is 5.84. The largest absolute Gasteiger partial charge is 0.467 e. The van der Waals surface area contributed by atoms with Crippen molar-refractivity contribution in [1.29, 1.82) is 0 Å². The molecule has 0 radical (unpaired) electrons. The summed E-state index contributed by atoms with van der Waals surface area (Å²) in [4.78, 5) is 40.0. The highest BCUT2D eigenvalue weighted by Gasteiger charge is 2.28. The first-order chi connectivity index (χ1) is 13.1.